The molecule has 5 aromatic carbocycles. The van der Waals surface area contributed by atoms with Gasteiger partial charge in [-0.25, -0.2) is 9.69 Å². The van der Waals surface area contributed by atoms with E-state index in [1.165, 1.54) is 6.07 Å². The van der Waals surface area contributed by atoms with Gasteiger partial charge in [0.25, 0.3) is 11.8 Å². The first-order chi connectivity index (χ1) is 23.9. The van der Waals surface area contributed by atoms with Gasteiger partial charge in [-0.1, -0.05) is 78.0 Å². The Hall–Kier alpha value is -7.25. The van der Waals surface area contributed by atoms with Crippen LogP contribution in [0.3, 0.4) is 0 Å². The molecule has 0 radical (unpaired) electrons. The van der Waals surface area contributed by atoms with Crippen molar-refractivity contribution in [3.8, 4) is 48.4 Å². The maximum absolute atomic E-state index is 14.5. The Morgan fingerprint density at radius 2 is 1.10 bits per heavy atom. The summed E-state index contributed by atoms with van der Waals surface area (Å²) < 4.78 is 0. The number of hydrogen-bond acceptors (Lipinski definition) is 4. The van der Waals surface area contributed by atoms with Crippen molar-refractivity contribution in [3.05, 3.63) is 164 Å². The molecule has 49 heavy (non-hydrogen) atoms. The molecule has 0 unspecified atom stereocenters. The molecule has 0 atom stereocenters. The standard InChI is InChI=1S/C43H24N2O4/c1-3-28-16-11-17-33(23-28)45-41(46)39-35(20-18-30-12-7-5-8-13-30)37-26-44(34-24-29(4-2)22-32(25-34)43(48)49)27-38(37)36(40(39)42(45)47)21-19-31-14-9-6-10-15-31/h1-2,5-17,22-25H,26-27H2,(H,48,49). The van der Waals surface area contributed by atoms with Crippen molar-refractivity contribution in [2.24, 2.45) is 0 Å². The molecular weight excluding hydrogens is 608 g/mol. The molecule has 0 fully saturated rings. The molecule has 2 aliphatic heterocycles. The average Bonchev–Trinajstić information content (AvgIpc) is 3.69. The van der Waals surface area contributed by atoms with Gasteiger partial charge < -0.3 is 10.0 Å². The lowest BCUT2D eigenvalue weighted by molar-refractivity contribution is 0.0696. The van der Waals surface area contributed by atoms with Crippen molar-refractivity contribution < 1.29 is 19.5 Å². The molecule has 0 saturated carbocycles. The highest BCUT2D eigenvalue weighted by Gasteiger charge is 2.44. The number of imide groups is 1. The molecule has 230 valence electrons. The van der Waals surface area contributed by atoms with Gasteiger partial charge in [-0.15, -0.1) is 12.8 Å². The summed E-state index contributed by atoms with van der Waals surface area (Å²) >= 11 is 0. The van der Waals surface area contributed by atoms with E-state index in [9.17, 15) is 19.5 Å². The minimum absolute atomic E-state index is 0.0484. The van der Waals surface area contributed by atoms with Gasteiger partial charge in [0.05, 0.1) is 22.4 Å². The number of carboxylic acids is 1. The molecule has 0 saturated heterocycles. The third kappa shape index (κ3) is 5.58. The van der Waals surface area contributed by atoms with Gasteiger partial charge in [0.2, 0.25) is 0 Å². The summed E-state index contributed by atoms with van der Waals surface area (Å²) in [7, 11) is 0. The number of carboxylic acid groups (broad SMARTS) is 1. The van der Waals surface area contributed by atoms with Crippen LogP contribution in [-0.2, 0) is 13.1 Å². The van der Waals surface area contributed by atoms with Crippen LogP contribution >= 0.6 is 0 Å². The van der Waals surface area contributed by atoms with Crippen molar-refractivity contribution in [1.29, 1.82) is 0 Å². The molecule has 0 aromatic heterocycles. The molecule has 0 spiro atoms. The first-order valence-corrected chi connectivity index (χ1v) is 15.3. The molecule has 0 aliphatic carbocycles. The molecule has 1 N–H and O–H groups in total. The van der Waals surface area contributed by atoms with Crippen LogP contribution in [0.4, 0.5) is 11.4 Å². The predicted molar refractivity (Wildman–Crippen MR) is 188 cm³/mol. The van der Waals surface area contributed by atoms with Gasteiger partial charge in [-0.05, 0) is 71.8 Å². The lowest BCUT2D eigenvalue weighted by Gasteiger charge is -2.19. The van der Waals surface area contributed by atoms with Crippen LogP contribution in [-0.4, -0.2) is 22.9 Å². The second-order valence-corrected chi connectivity index (χ2v) is 11.4. The molecule has 2 aliphatic rings. The number of carbonyl (C=O) groups excluding carboxylic acids is 2. The molecule has 0 bridgehead atoms. The fourth-order valence-corrected chi connectivity index (χ4v) is 6.12. The molecule has 2 heterocycles. The number of nitrogens with zero attached hydrogens (tertiary/aromatic N) is 2. The van der Waals surface area contributed by atoms with Gasteiger partial charge in [0.1, 0.15) is 0 Å². The zero-order valence-corrected chi connectivity index (χ0v) is 26.0. The summed E-state index contributed by atoms with van der Waals surface area (Å²) in [4.78, 5) is 44.0. The van der Waals surface area contributed by atoms with Crippen molar-refractivity contribution in [2.75, 3.05) is 9.80 Å². The first-order valence-electron chi connectivity index (χ1n) is 15.3. The largest absolute Gasteiger partial charge is 0.478 e. The van der Waals surface area contributed by atoms with E-state index in [4.69, 9.17) is 12.8 Å². The maximum Gasteiger partial charge on any atom is 0.335 e. The van der Waals surface area contributed by atoms with Crippen LogP contribution in [0.15, 0.2) is 103 Å². The van der Waals surface area contributed by atoms with E-state index in [-0.39, 0.29) is 29.8 Å². The molecular formula is C43H24N2O4. The zero-order valence-electron chi connectivity index (χ0n) is 26.0. The topological polar surface area (TPSA) is 77.9 Å². The van der Waals surface area contributed by atoms with E-state index in [1.54, 1.807) is 36.4 Å². The lowest BCUT2D eigenvalue weighted by atomic mass is 9.88. The maximum atomic E-state index is 14.5. The third-order valence-corrected chi connectivity index (χ3v) is 8.43. The number of hydrogen-bond donors (Lipinski definition) is 1. The highest BCUT2D eigenvalue weighted by atomic mass is 16.4. The predicted octanol–water partition coefficient (Wildman–Crippen LogP) is 6.47. The third-order valence-electron chi connectivity index (χ3n) is 8.43. The first kappa shape index (κ1) is 30.4. The second-order valence-electron chi connectivity index (χ2n) is 11.4. The molecule has 7 rings (SSSR count). The Morgan fingerprint density at radius 1 is 0.592 bits per heavy atom. The van der Waals surface area contributed by atoms with Crippen LogP contribution in [0, 0.1) is 48.4 Å². The van der Waals surface area contributed by atoms with E-state index in [2.05, 4.69) is 35.5 Å². The van der Waals surface area contributed by atoms with Crippen molar-refractivity contribution >= 4 is 29.2 Å². The highest BCUT2D eigenvalue weighted by molar-refractivity contribution is 6.36. The fraction of sp³-hybridized carbons (Fsp3) is 0.0465. The van der Waals surface area contributed by atoms with Crippen molar-refractivity contribution in [3.63, 3.8) is 0 Å². The van der Waals surface area contributed by atoms with Crippen LogP contribution in [0.25, 0.3) is 0 Å². The minimum atomic E-state index is -1.11. The van der Waals surface area contributed by atoms with Gasteiger partial charge in [-0.2, -0.15) is 0 Å². The van der Waals surface area contributed by atoms with E-state index in [0.29, 0.717) is 33.6 Å². The second kappa shape index (κ2) is 12.5. The van der Waals surface area contributed by atoms with Crippen LogP contribution in [0.2, 0.25) is 0 Å². The van der Waals surface area contributed by atoms with Gasteiger partial charge in [-0.3, -0.25) is 9.59 Å². The summed E-state index contributed by atoms with van der Waals surface area (Å²) in [5.74, 6) is 15.8. The zero-order chi connectivity index (χ0) is 34.1. The summed E-state index contributed by atoms with van der Waals surface area (Å²) in [6, 6.07) is 30.2. The Labute approximate surface area is 283 Å². The number of anilines is 2. The summed E-state index contributed by atoms with van der Waals surface area (Å²) in [6.45, 7) is 0.533. The number of amides is 2. The quantitative estimate of drug-likeness (QED) is 0.182. The molecule has 6 nitrogen and oxygen atoms in total. The van der Waals surface area contributed by atoms with E-state index in [1.807, 2.05) is 65.6 Å². The summed E-state index contributed by atoms with van der Waals surface area (Å²) in [5, 5.41) is 9.80. The monoisotopic (exact) mass is 632 g/mol. The van der Waals surface area contributed by atoms with Crippen molar-refractivity contribution in [2.45, 2.75) is 13.1 Å². The Kier molecular flexibility index (Phi) is 7.76. The minimum Gasteiger partial charge on any atom is -0.478 e. The van der Waals surface area contributed by atoms with Gasteiger partial charge in [0, 0.05) is 52.2 Å². The fourth-order valence-electron chi connectivity index (χ4n) is 6.12. The highest BCUT2D eigenvalue weighted by Crippen LogP contribution is 2.41. The van der Waals surface area contributed by atoms with E-state index < -0.39 is 17.8 Å². The Bertz CT molecular complexity index is 2340. The van der Waals surface area contributed by atoms with Crippen LogP contribution < -0.4 is 9.80 Å². The lowest BCUT2D eigenvalue weighted by Crippen LogP contribution is -2.29. The smallest absolute Gasteiger partial charge is 0.335 e. The Balaban J connectivity index is 1.48. The number of carbonyl (C=O) groups is 3. The summed E-state index contributed by atoms with van der Waals surface area (Å²) in [6.07, 6.45) is 11.4. The normalized spacial score (nSPS) is 12.5. The SMILES string of the molecule is C#Cc1cc(C(=O)O)cc(N2Cc3c(C#Cc4ccccc4)c4c(c(C#Cc5ccccc5)c3C2)C(=O)N(c2cccc(C#C)c2)C4=O)c1. The van der Waals surface area contributed by atoms with Crippen molar-refractivity contribution in [1.82, 2.24) is 0 Å². The summed E-state index contributed by atoms with van der Waals surface area (Å²) in [5.41, 5.74) is 6.00. The number of aromatic carboxylic acids is 1. The van der Waals surface area contributed by atoms with E-state index >= 15 is 0 Å². The Morgan fingerprint density at radius 3 is 1.61 bits per heavy atom. The van der Waals surface area contributed by atoms with Crippen LogP contribution in [0.5, 0.6) is 0 Å². The number of benzene rings is 5. The van der Waals surface area contributed by atoms with Crippen LogP contribution in [0.1, 0.15) is 75.6 Å². The molecule has 2 amide bonds. The van der Waals surface area contributed by atoms with E-state index in [0.717, 1.165) is 27.2 Å². The number of fused-ring (bicyclic) bond motifs is 2. The average molecular weight is 633 g/mol. The van der Waals surface area contributed by atoms with Gasteiger partial charge >= 0.3 is 5.97 Å². The van der Waals surface area contributed by atoms with Gasteiger partial charge in [0.15, 0.2) is 0 Å². The molecule has 5 aromatic rings. The number of terminal acetylenes is 2. The molecule has 6 heteroatoms. The number of rotatable bonds is 3.